The molecular formula is C28H31FN4O4S. The second kappa shape index (κ2) is 9.83. The first kappa shape index (κ1) is 25.1. The van der Waals surface area contributed by atoms with E-state index in [1.807, 2.05) is 30.5 Å². The Hall–Kier alpha value is -3.21. The molecule has 0 atom stereocenters. The van der Waals surface area contributed by atoms with Crippen LogP contribution in [0, 0.1) is 19.7 Å². The summed E-state index contributed by atoms with van der Waals surface area (Å²) >= 11 is 1.14. The molecule has 0 unspecified atom stereocenters. The number of aryl methyl sites for hydroxylation is 2. The molecule has 0 amide bonds. The third-order valence-corrected chi connectivity index (χ3v) is 8.43. The number of aromatic amines is 1. The molecule has 6 rings (SSSR count). The summed E-state index contributed by atoms with van der Waals surface area (Å²) in [6, 6.07) is 5.21. The number of rotatable bonds is 7. The van der Waals surface area contributed by atoms with Gasteiger partial charge < -0.3 is 19.4 Å². The molecule has 8 nitrogen and oxygen atoms in total. The molecular weight excluding hydrogens is 507 g/mol. The summed E-state index contributed by atoms with van der Waals surface area (Å²) in [4.78, 5) is 28.7. The first-order chi connectivity index (χ1) is 18.4. The van der Waals surface area contributed by atoms with Gasteiger partial charge in [-0.3, -0.25) is 18.9 Å². The average molecular weight is 539 g/mol. The number of pyridine rings is 1. The molecule has 2 fully saturated rings. The molecule has 0 radical (unpaired) electrons. The van der Waals surface area contributed by atoms with Crippen molar-refractivity contribution >= 4 is 32.7 Å². The fourth-order valence-electron chi connectivity index (χ4n) is 5.61. The first-order valence-corrected chi connectivity index (χ1v) is 13.8. The SMILES string of the molecule is COc1c(-c2cc(C)c(OCCN3CCNCC3)c(C)c2)c(F)cc2c(=O)c3c(=O)[nH]sc3n(C3CC3)c12. The number of piperazine rings is 1. The van der Waals surface area contributed by atoms with Crippen LogP contribution >= 0.6 is 11.5 Å². The van der Waals surface area contributed by atoms with Crippen molar-refractivity contribution in [3.63, 3.8) is 0 Å². The molecule has 0 spiro atoms. The highest BCUT2D eigenvalue weighted by Gasteiger charge is 2.32. The third-order valence-electron chi connectivity index (χ3n) is 7.55. The Morgan fingerprint density at radius 3 is 2.45 bits per heavy atom. The molecule has 1 saturated heterocycles. The van der Waals surface area contributed by atoms with E-state index in [-0.39, 0.29) is 16.8 Å². The van der Waals surface area contributed by atoms with Crippen molar-refractivity contribution in [3.05, 3.63) is 55.7 Å². The maximum absolute atomic E-state index is 15.8. The van der Waals surface area contributed by atoms with E-state index in [0.29, 0.717) is 33.8 Å². The van der Waals surface area contributed by atoms with Gasteiger partial charge in [0.15, 0.2) is 5.75 Å². The highest BCUT2D eigenvalue weighted by atomic mass is 32.1. The van der Waals surface area contributed by atoms with Crippen molar-refractivity contribution in [3.8, 4) is 22.6 Å². The van der Waals surface area contributed by atoms with Crippen molar-refractivity contribution in [1.29, 1.82) is 0 Å². The largest absolute Gasteiger partial charge is 0.494 e. The maximum Gasteiger partial charge on any atom is 0.271 e. The Labute approximate surface area is 223 Å². The summed E-state index contributed by atoms with van der Waals surface area (Å²) in [5, 5.41) is 3.60. The Bertz CT molecular complexity index is 1640. The van der Waals surface area contributed by atoms with Crippen molar-refractivity contribution in [1.82, 2.24) is 19.2 Å². The number of halogens is 1. The Balaban J connectivity index is 1.45. The number of benzene rings is 2. The lowest BCUT2D eigenvalue weighted by atomic mass is 9.96. The van der Waals surface area contributed by atoms with E-state index in [1.54, 1.807) is 0 Å². The van der Waals surface area contributed by atoms with Gasteiger partial charge >= 0.3 is 0 Å². The van der Waals surface area contributed by atoms with Gasteiger partial charge in [0.1, 0.15) is 28.4 Å². The molecule has 2 N–H and O–H groups in total. The number of nitrogens with zero attached hydrogens (tertiary/aromatic N) is 2. The first-order valence-electron chi connectivity index (χ1n) is 13.0. The lowest BCUT2D eigenvalue weighted by Crippen LogP contribution is -2.44. The summed E-state index contributed by atoms with van der Waals surface area (Å²) in [6.07, 6.45) is 1.85. The van der Waals surface area contributed by atoms with Crippen molar-refractivity contribution in [2.45, 2.75) is 32.7 Å². The highest BCUT2D eigenvalue weighted by molar-refractivity contribution is 7.12. The number of hydrogen-bond acceptors (Lipinski definition) is 7. The van der Waals surface area contributed by atoms with Gasteiger partial charge in [-0.2, -0.15) is 0 Å². The van der Waals surface area contributed by atoms with Crippen LogP contribution in [0.2, 0.25) is 0 Å². The highest BCUT2D eigenvalue weighted by Crippen LogP contribution is 2.46. The lowest BCUT2D eigenvalue weighted by molar-refractivity contribution is 0.190. The molecule has 3 heterocycles. The van der Waals surface area contributed by atoms with Crippen LogP contribution in [0.1, 0.15) is 30.0 Å². The molecule has 2 aromatic heterocycles. The average Bonchev–Trinajstić information content (AvgIpc) is 3.67. The quantitative estimate of drug-likeness (QED) is 0.371. The van der Waals surface area contributed by atoms with Crippen LogP contribution in [0.25, 0.3) is 32.2 Å². The van der Waals surface area contributed by atoms with E-state index < -0.39 is 16.8 Å². The second-order valence-electron chi connectivity index (χ2n) is 10.2. The smallest absolute Gasteiger partial charge is 0.271 e. The summed E-state index contributed by atoms with van der Waals surface area (Å²) in [5.41, 5.74) is 2.39. The molecule has 1 saturated carbocycles. The van der Waals surface area contributed by atoms with Crippen molar-refractivity contribution in [2.24, 2.45) is 0 Å². The minimum absolute atomic E-state index is 0.0811. The molecule has 0 bridgehead atoms. The Morgan fingerprint density at radius 2 is 1.79 bits per heavy atom. The van der Waals surface area contributed by atoms with Crippen LogP contribution < -0.4 is 25.8 Å². The molecule has 1 aliphatic carbocycles. The summed E-state index contributed by atoms with van der Waals surface area (Å²) < 4.78 is 32.5. The number of methoxy groups -OCH3 is 1. The summed E-state index contributed by atoms with van der Waals surface area (Å²) in [5.74, 6) is 0.543. The maximum atomic E-state index is 15.8. The van der Waals surface area contributed by atoms with Crippen LogP contribution in [-0.2, 0) is 0 Å². The number of nitrogens with one attached hydrogen (secondary N) is 2. The third kappa shape index (κ3) is 4.20. The van der Waals surface area contributed by atoms with Gasteiger partial charge in [-0.15, -0.1) is 0 Å². The standard InChI is InChI=1S/C28H31FN4O4S/c1-15-12-17(13-16(2)25(15)37-11-10-32-8-6-30-7-9-32)21-20(29)14-19-23(26(21)36-3)33(18-4-5-18)28-22(24(19)34)27(35)31-38-28/h12-14,18,30H,4-11H2,1-3H3,(H,31,35). The Morgan fingerprint density at radius 1 is 1.08 bits per heavy atom. The van der Waals surface area contributed by atoms with Crippen LogP contribution in [0.3, 0.4) is 0 Å². The van der Waals surface area contributed by atoms with E-state index in [4.69, 9.17) is 9.47 Å². The zero-order valence-corrected chi connectivity index (χ0v) is 22.6. The monoisotopic (exact) mass is 538 g/mol. The van der Waals surface area contributed by atoms with E-state index >= 15 is 4.39 Å². The van der Waals surface area contributed by atoms with E-state index in [9.17, 15) is 9.59 Å². The van der Waals surface area contributed by atoms with E-state index in [2.05, 4.69) is 14.6 Å². The van der Waals surface area contributed by atoms with Gasteiger partial charge in [0.25, 0.3) is 5.56 Å². The predicted molar refractivity (Wildman–Crippen MR) is 149 cm³/mol. The van der Waals surface area contributed by atoms with Crippen LogP contribution in [-0.4, -0.2) is 60.3 Å². The van der Waals surface area contributed by atoms with Gasteiger partial charge in [0.2, 0.25) is 5.43 Å². The molecule has 200 valence electrons. The molecule has 1 aliphatic heterocycles. The van der Waals surface area contributed by atoms with Gasteiger partial charge in [0, 0.05) is 38.8 Å². The van der Waals surface area contributed by atoms with Crippen LogP contribution in [0.4, 0.5) is 4.39 Å². The minimum Gasteiger partial charge on any atom is -0.494 e. The molecule has 10 heteroatoms. The van der Waals surface area contributed by atoms with Gasteiger partial charge in [-0.25, -0.2) is 4.39 Å². The van der Waals surface area contributed by atoms with Gasteiger partial charge in [0.05, 0.1) is 23.6 Å². The zero-order chi connectivity index (χ0) is 26.6. The fraction of sp³-hybridized carbons (Fsp3) is 0.429. The van der Waals surface area contributed by atoms with E-state index in [0.717, 1.165) is 74.0 Å². The minimum atomic E-state index is -0.564. The normalized spacial score (nSPS) is 16.4. The molecule has 2 aliphatic rings. The molecule has 2 aromatic carbocycles. The predicted octanol–water partition coefficient (Wildman–Crippen LogP) is 3.95. The number of hydrogen-bond donors (Lipinski definition) is 2. The number of H-pyrrole nitrogens is 1. The van der Waals surface area contributed by atoms with E-state index in [1.165, 1.54) is 13.2 Å². The molecule has 4 aromatic rings. The zero-order valence-electron chi connectivity index (χ0n) is 21.8. The summed E-state index contributed by atoms with van der Waals surface area (Å²) in [6.45, 7) is 9.37. The number of fused-ring (bicyclic) bond motifs is 2. The second-order valence-corrected chi connectivity index (χ2v) is 11.0. The van der Waals surface area contributed by atoms with Crippen LogP contribution in [0.5, 0.6) is 11.5 Å². The number of aromatic nitrogens is 2. The van der Waals surface area contributed by atoms with Crippen LogP contribution in [0.15, 0.2) is 27.8 Å². The molecule has 38 heavy (non-hydrogen) atoms. The number of ether oxygens (including phenoxy) is 2. The Kier molecular flexibility index (Phi) is 6.49. The summed E-state index contributed by atoms with van der Waals surface area (Å²) in [7, 11) is 1.50. The fourth-order valence-corrected chi connectivity index (χ4v) is 6.53. The van der Waals surface area contributed by atoms with Crippen molar-refractivity contribution in [2.75, 3.05) is 46.4 Å². The van der Waals surface area contributed by atoms with Gasteiger partial charge in [-0.1, -0.05) is 0 Å². The lowest BCUT2D eigenvalue weighted by Gasteiger charge is -2.27. The topological polar surface area (TPSA) is 88.6 Å². The van der Waals surface area contributed by atoms with Gasteiger partial charge in [-0.05, 0) is 73.1 Å². The van der Waals surface area contributed by atoms with Crippen molar-refractivity contribution < 1.29 is 13.9 Å².